The second-order valence-corrected chi connectivity index (χ2v) is 3.69. The molecule has 0 radical (unpaired) electrons. The first-order valence-corrected chi connectivity index (χ1v) is 4.89. The Kier molecular flexibility index (Phi) is 2.54. The maximum Gasteiger partial charge on any atom is 0.0574 e. The Bertz CT molecular complexity index is 308. The van der Waals surface area contributed by atoms with Crippen molar-refractivity contribution in [1.29, 1.82) is 0 Å². The minimum Gasteiger partial charge on any atom is -0.397 e. The summed E-state index contributed by atoms with van der Waals surface area (Å²) in [5.41, 5.74) is 7.40. The zero-order valence-corrected chi connectivity index (χ0v) is 8.06. The third kappa shape index (κ3) is 1.96. The molecule has 0 atom stereocenters. The smallest absolute Gasteiger partial charge is 0.0574 e. The molecule has 1 saturated heterocycles. The van der Waals surface area contributed by atoms with Crippen molar-refractivity contribution in [2.45, 2.75) is 18.9 Å². The number of nitrogen functional groups attached to an aromatic ring is 1. The van der Waals surface area contributed by atoms with Crippen LogP contribution in [0.5, 0.6) is 0 Å². The van der Waals surface area contributed by atoms with E-state index in [4.69, 9.17) is 5.73 Å². The second kappa shape index (κ2) is 3.84. The van der Waals surface area contributed by atoms with Gasteiger partial charge in [-0.3, -0.25) is 4.98 Å². The summed E-state index contributed by atoms with van der Waals surface area (Å²) in [7, 11) is 0. The summed E-state index contributed by atoms with van der Waals surface area (Å²) in [4.78, 5) is 6.25. The Balaban J connectivity index is 2.08. The summed E-state index contributed by atoms with van der Waals surface area (Å²) in [6, 6.07) is 1.92. The molecule has 0 aliphatic carbocycles. The summed E-state index contributed by atoms with van der Waals surface area (Å²) in [6.45, 7) is 1.76. The molecule has 1 aliphatic rings. The molecule has 0 aromatic carbocycles. The van der Waals surface area contributed by atoms with E-state index in [0.717, 1.165) is 31.6 Å². The van der Waals surface area contributed by atoms with Crippen molar-refractivity contribution in [3.05, 3.63) is 18.5 Å². The largest absolute Gasteiger partial charge is 0.397 e. The number of piperidine rings is 1. The molecule has 4 nitrogen and oxygen atoms in total. The lowest BCUT2D eigenvalue weighted by molar-refractivity contribution is 0.145. The van der Waals surface area contributed by atoms with Crippen molar-refractivity contribution in [3.63, 3.8) is 0 Å². The van der Waals surface area contributed by atoms with Gasteiger partial charge in [-0.1, -0.05) is 0 Å². The second-order valence-electron chi connectivity index (χ2n) is 3.69. The normalized spacial score (nSPS) is 18.5. The number of aliphatic hydroxyl groups is 1. The Hall–Kier alpha value is -1.29. The van der Waals surface area contributed by atoms with Gasteiger partial charge in [-0.25, -0.2) is 0 Å². The maximum absolute atomic E-state index is 9.36. The number of nitrogens with two attached hydrogens (primary N) is 1. The minimum atomic E-state index is -0.139. The van der Waals surface area contributed by atoms with Crippen molar-refractivity contribution in [3.8, 4) is 0 Å². The molecule has 1 fully saturated rings. The highest BCUT2D eigenvalue weighted by Gasteiger charge is 2.17. The van der Waals surface area contributed by atoms with Crippen LogP contribution in [0.1, 0.15) is 12.8 Å². The molecular formula is C10H15N3O. The number of pyridine rings is 1. The summed E-state index contributed by atoms with van der Waals surface area (Å²) in [5.74, 6) is 0. The highest BCUT2D eigenvalue weighted by atomic mass is 16.3. The lowest BCUT2D eigenvalue weighted by Crippen LogP contribution is -2.35. The number of anilines is 2. The van der Waals surface area contributed by atoms with E-state index in [-0.39, 0.29) is 6.10 Å². The summed E-state index contributed by atoms with van der Waals surface area (Å²) in [5, 5.41) is 9.36. The van der Waals surface area contributed by atoms with Gasteiger partial charge in [0, 0.05) is 19.3 Å². The predicted molar refractivity (Wildman–Crippen MR) is 56.1 cm³/mol. The molecule has 0 spiro atoms. The fourth-order valence-corrected chi connectivity index (χ4v) is 1.74. The molecule has 0 saturated carbocycles. The number of aliphatic hydroxyl groups excluding tert-OH is 1. The van der Waals surface area contributed by atoms with Gasteiger partial charge in [0.1, 0.15) is 0 Å². The number of nitrogens with zero attached hydrogens (tertiary/aromatic N) is 2. The molecule has 0 amide bonds. The van der Waals surface area contributed by atoms with E-state index in [1.165, 1.54) is 0 Å². The average Bonchev–Trinajstić information content (AvgIpc) is 2.19. The van der Waals surface area contributed by atoms with Crippen molar-refractivity contribution in [2.75, 3.05) is 23.7 Å². The first kappa shape index (κ1) is 9.27. The van der Waals surface area contributed by atoms with Crippen LogP contribution in [0.15, 0.2) is 18.5 Å². The summed E-state index contributed by atoms with van der Waals surface area (Å²) in [6.07, 6.45) is 4.97. The monoisotopic (exact) mass is 193 g/mol. The van der Waals surface area contributed by atoms with Crippen LogP contribution < -0.4 is 10.6 Å². The average molecular weight is 193 g/mol. The molecule has 14 heavy (non-hydrogen) atoms. The van der Waals surface area contributed by atoms with Crippen molar-refractivity contribution >= 4 is 11.4 Å². The zero-order chi connectivity index (χ0) is 9.97. The van der Waals surface area contributed by atoms with Gasteiger partial charge in [-0.2, -0.15) is 0 Å². The van der Waals surface area contributed by atoms with Crippen LogP contribution in [-0.4, -0.2) is 29.3 Å². The molecule has 0 unspecified atom stereocenters. The van der Waals surface area contributed by atoms with Gasteiger partial charge in [-0.15, -0.1) is 0 Å². The van der Waals surface area contributed by atoms with Gasteiger partial charge in [0.05, 0.1) is 23.7 Å². The Morgan fingerprint density at radius 1 is 1.36 bits per heavy atom. The van der Waals surface area contributed by atoms with Crippen LogP contribution in [0.25, 0.3) is 0 Å². The Morgan fingerprint density at radius 3 is 2.71 bits per heavy atom. The van der Waals surface area contributed by atoms with Crippen LogP contribution in [0.2, 0.25) is 0 Å². The molecule has 0 bridgehead atoms. The van der Waals surface area contributed by atoms with Gasteiger partial charge < -0.3 is 15.7 Å². The molecule has 1 aromatic heterocycles. The molecule has 4 heteroatoms. The molecule has 76 valence electrons. The van der Waals surface area contributed by atoms with Crippen LogP contribution in [0.3, 0.4) is 0 Å². The van der Waals surface area contributed by atoms with E-state index in [1.807, 2.05) is 12.3 Å². The van der Waals surface area contributed by atoms with Crippen molar-refractivity contribution in [1.82, 2.24) is 4.98 Å². The zero-order valence-electron chi connectivity index (χ0n) is 8.06. The van der Waals surface area contributed by atoms with Gasteiger partial charge in [0.15, 0.2) is 0 Å². The third-order valence-electron chi connectivity index (χ3n) is 2.57. The fourth-order valence-electron chi connectivity index (χ4n) is 1.74. The highest BCUT2D eigenvalue weighted by Crippen LogP contribution is 2.20. The standard InChI is InChI=1S/C10H15N3O/c11-8-5-9(7-12-6-8)13-3-1-10(14)2-4-13/h5-7,10,14H,1-4,11H2. The molecule has 1 aromatic rings. The topological polar surface area (TPSA) is 62.4 Å². The van der Waals surface area contributed by atoms with E-state index >= 15 is 0 Å². The van der Waals surface area contributed by atoms with E-state index in [0.29, 0.717) is 5.69 Å². The SMILES string of the molecule is Nc1cncc(N2CCC(O)CC2)c1. The van der Waals surface area contributed by atoms with E-state index in [9.17, 15) is 5.11 Å². The Labute approximate surface area is 83.4 Å². The lowest BCUT2D eigenvalue weighted by atomic mass is 10.1. The molecule has 3 N–H and O–H groups in total. The van der Waals surface area contributed by atoms with E-state index in [2.05, 4.69) is 9.88 Å². The van der Waals surface area contributed by atoms with Gasteiger partial charge in [-0.05, 0) is 18.9 Å². The summed E-state index contributed by atoms with van der Waals surface area (Å²) < 4.78 is 0. The predicted octanol–water partition coefficient (Wildman–Crippen LogP) is 0.625. The first-order valence-electron chi connectivity index (χ1n) is 4.89. The maximum atomic E-state index is 9.36. The number of hydrogen-bond acceptors (Lipinski definition) is 4. The molecule has 2 heterocycles. The lowest BCUT2D eigenvalue weighted by Gasteiger charge is -2.31. The van der Waals surface area contributed by atoms with Crippen LogP contribution in [0.4, 0.5) is 11.4 Å². The van der Waals surface area contributed by atoms with Crippen molar-refractivity contribution in [2.24, 2.45) is 0 Å². The van der Waals surface area contributed by atoms with Crippen LogP contribution >= 0.6 is 0 Å². The number of rotatable bonds is 1. The van der Waals surface area contributed by atoms with Gasteiger partial charge >= 0.3 is 0 Å². The first-order chi connectivity index (χ1) is 6.75. The molecule has 2 rings (SSSR count). The molecule has 1 aliphatic heterocycles. The third-order valence-corrected chi connectivity index (χ3v) is 2.57. The van der Waals surface area contributed by atoms with Crippen LogP contribution in [-0.2, 0) is 0 Å². The van der Waals surface area contributed by atoms with Gasteiger partial charge in [0.2, 0.25) is 0 Å². The Morgan fingerprint density at radius 2 is 2.07 bits per heavy atom. The van der Waals surface area contributed by atoms with Gasteiger partial charge in [0.25, 0.3) is 0 Å². The van der Waals surface area contributed by atoms with Crippen LogP contribution in [0, 0.1) is 0 Å². The molecular weight excluding hydrogens is 178 g/mol. The fraction of sp³-hybridized carbons (Fsp3) is 0.500. The quantitative estimate of drug-likeness (QED) is 0.686. The summed E-state index contributed by atoms with van der Waals surface area (Å²) >= 11 is 0. The van der Waals surface area contributed by atoms with E-state index in [1.54, 1.807) is 6.20 Å². The number of aromatic nitrogens is 1. The highest BCUT2D eigenvalue weighted by molar-refractivity contribution is 5.53. The van der Waals surface area contributed by atoms with E-state index < -0.39 is 0 Å². The number of hydrogen-bond donors (Lipinski definition) is 2. The minimum absolute atomic E-state index is 0.139. The van der Waals surface area contributed by atoms with Crippen molar-refractivity contribution < 1.29 is 5.11 Å².